The first-order valence-corrected chi connectivity index (χ1v) is 15.1. The van der Waals surface area contributed by atoms with Gasteiger partial charge in [0.25, 0.3) is 0 Å². The first kappa shape index (κ1) is 32.1. The highest BCUT2D eigenvalue weighted by atomic mass is 16.5. The molecule has 0 saturated heterocycles. The van der Waals surface area contributed by atoms with E-state index in [1.54, 1.807) is 20.2 Å². The number of hydrogen-bond acceptors (Lipinski definition) is 5. The summed E-state index contributed by atoms with van der Waals surface area (Å²) in [6.07, 6.45) is 8.56. The molecule has 1 aliphatic carbocycles. The van der Waals surface area contributed by atoms with E-state index in [1.165, 1.54) is 30.4 Å². The number of rotatable bonds is 9. The number of carbonyl (C=O) groups is 1. The number of carboxylic acids is 1. The number of aromatic nitrogens is 1. The van der Waals surface area contributed by atoms with E-state index in [4.69, 9.17) is 9.47 Å². The van der Waals surface area contributed by atoms with Crippen molar-refractivity contribution >= 4 is 5.97 Å². The fourth-order valence-electron chi connectivity index (χ4n) is 4.58. The Hall–Kier alpha value is -3.38. The SMILES string of the molecule is C1CC1.CC.COc1cc(-c2ccc([C@@H]3CCc4ccc(CC(C)C(=O)O)cc4O3)cc2CN(C)C(C)C)ccn1. The molecule has 1 aromatic heterocycles. The maximum absolute atomic E-state index is 11.3. The summed E-state index contributed by atoms with van der Waals surface area (Å²) < 4.78 is 11.9. The van der Waals surface area contributed by atoms with Crippen molar-refractivity contribution in [3.8, 4) is 22.8 Å². The Morgan fingerprint density at radius 2 is 1.80 bits per heavy atom. The monoisotopic (exact) mass is 560 g/mol. The highest BCUT2D eigenvalue weighted by molar-refractivity contribution is 5.70. The zero-order chi connectivity index (χ0) is 29.9. The first-order valence-electron chi connectivity index (χ1n) is 15.1. The summed E-state index contributed by atoms with van der Waals surface area (Å²) in [7, 11) is 3.77. The summed E-state index contributed by atoms with van der Waals surface area (Å²) in [6.45, 7) is 10.9. The topological polar surface area (TPSA) is 71.9 Å². The van der Waals surface area contributed by atoms with Gasteiger partial charge in [0.15, 0.2) is 0 Å². The molecule has 5 rings (SSSR count). The molecule has 3 aromatic rings. The predicted molar refractivity (Wildman–Crippen MR) is 167 cm³/mol. The van der Waals surface area contributed by atoms with Crippen LogP contribution in [0.2, 0.25) is 0 Å². The van der Waals surface area contributed by atoms with E-state index >= 15 is 0 Å². The molecule has 0 bridgehead atoms. The third-order valence-electron chi connectivity index (χ3n) is 7.45. The van der Waals surface area contributed by atoms with E-state index in [9.17, 15) is 9.90 Å². The molecular weight excluding hydrogens is 512 g/mol. The fraction of sp³-hybridized carbons (Fsp3) is 0.486. The van der Waals surface area contributed by atoms with Gasteiger partial charge in [-0.3, -0.25) is 9.69 Å². The first-order chi connectivity index (χ1) is 19.7. The van der Waals surface area contributed by atoms with Crippen LogP contribution in [0.25, 0.3) is 11.1 Å². The third-order valence-corrected chi connectivity index (χ3v) is 7.45. The van der Waals surface area contributed by atoms with Gasteiger partial charge in [0, 0.05) is 24.8 Å². The van der Waals surface area contributed by atoms with Crippen LogP contribution < -0.4 is 9.47 Å². The van der Waals surface area contributed by atoms with Gasteiger partial charge in [-0.15, -0.1) is 0 Å². The molecule has 1 saturated carbocycles. The van der Waals surface area contributed by atoms with Crippen molar-refractivity contribution in [2.24, 2.45) is 5.92 Å². The number of aliphatic carboxylic acids is 1. The second-order valence-corrected chi connectivity index (χ2v) is 11.1. The summed E-state index contributed by atoms with van der Waals surface area (Å²) in [5.74, 6) is 0.254. The molecule has 6 heteroatoms. The van der Waals surface area contributed by atoms with Crippen LogP contribution in [0, 0.1) is 5.92 Å². The van der Waals surface area contributed by atoms with E-state index in [0.29, 0.717) is 18.3 Å². The molecule has 2 atom stereocenters. The normalized spacial score (nSPS) is 15.9. The summed E-state index contributed by atoms with van der Waals surface area (Å²) >= 11 is 0. The molecule has 1 fully saturated rings. The number of ether oxygens (including phenoxy) is 2. The molecule has 6 nitrogen and oxygen atoms in total. The second kappa shape index (κ2) is 15.6. The minimum atomic E-state index is -0.780. The zero-order valence-corrected chi connectivity index (χ0v) is 25.9. The number of fused-ring (bicyclic) bond motifs is 1. The van der Waals surface area contributed by atoms with Crippen molar-refractivity contribution < 1.29 is 19.4 Å². The lowest BCUT2D eigenvalue weighted by molar-refractivity contribution is -0.141. The molecule has 0 amide bonds. The molecule has 1 unspecified atom stereocenters. The van der Waals surface area contributed by atoms with Crippen LogP contribution in [0.3, 0.4) is 0 Å². The fourth-order valence-corrected chi connectivity index (χ4v) is 4.58. The lowest BCUT2D eigenvalue weighted by atomic mass is 9.91. The van der Waals surface area contributed by atoms with E-state index in [0.717, 1.165) is 47.4 Å². The summed E-state index contributed by atoms with van der Waals surface area (Å²) in [4.78, 5) is 17.9. The number of pyridine rings is 1. The van der Waals surface area contributed by atoms with Crippen molar-refractivity contribution in [3.63, 3.8) is 0 Å². The van der Waals surface area contributed by atoms with Gasteiger partial charge in [-0.25, -0.2) is 4.98 Å². The Balaban J connectivity index is 0.000000850. The number of hydrogen-bond donors (Lipinski definition) is 1. The largest absolute Gasteiger partial charge is 0.485 e. The van der Waals surface area contributed by atoms with E-state index in [-0.39, 0.29) is 6.10 Å². The van der Waals surface area contributed by atoms with Gasteiger partial charge < -0.3 is 14.6 Å². The van der Waals surface area contributed by atoms with Crippen LogP contribution in [0.4, 0.5) is 0 Å². The minimum absolute atomic E-state index is 0.0474. The van der Waals surface area contributed by atoms with Gasteiger partial charge in [0.05, 0.1) is 13.0 Å². The Bertz CT molecular complexity index is 1270. The number of benzene rings is 2. The number of carboxylic acid groups (broad SMARTS) is 1. The van der Waals surface area contributed by atoms with Gasteiger partial charge >= 0.3 is 5.97 Å². The van der Waals surface area contributed by atoms with Crippen LogP contribution in [0.15, 0.2) is 54.7 Å². The van der Waals surface area contributed by atoms with Crippen molar-refractivity contribution in [1.29, 1.82) is 0 Å². The average molecular weight is 561 g/mol. The molecule has 2 aliphatic rings. The number of nitrogens with zero attached hydrogens (tertiary/aromatic N) is 2. The van der Waals surface area contributed by atoms with Gasteiger partial charge in [0.1, 0.15) is 11.9 Å². The van der Waals surface area contributed by atoms with Crippen molar-refractivity contribution in [2.75, 3.05) is 14.2 Å². The molecule has 222 valence electrons. The van der Waals surface area contributed by atoms with E-state index in [1.807, 2.05) is 38.1 Å². The van der Waals surface area contributed by atoms with E-state index < -0.39 is 11.9 Å². The quantitative estimate of drug-likeness (QED) is 0.285. The van der Waals surface area contributed by atoms with Gasteiger partial charge in [-0.05, 0) is 85.7 Å². The minimum Gasteiger partial charge on any atom is -0.485 e. The van der Waals surface area contributed by atoms with Crippen LogP contribution in [-0.2, 0) is 24.2 Å². The Kier molecular flexibility index (Phi) is 12.2. The Morgan fingerprint density at radius 1 is 1.07 bits per heavy atom. The summed E-state index contributed by atoms with van der Waals surface area (Å²) in [6, 6.07) is 17.1. The molecule has 41 heavy (non-hydrogen) atoms. The molecular formula is C35H48N2O4. The average Bonchev–Trinajstić information content (AvgIpc) is 3.88. The number of aryl methyl sites for hydroxylation is 1. The predicted octanol–water partition coefficient (Wildman–Crippen LogP) is 8.12. The maximum Gasteiger partial charge on any atom is 0.306 e. The van der Waals surface area contributed by atoms with Crippen molar-refractivity contribution in [1.82, 2.24) is 9.88 Å². The van der Waals surface area contributed by atoms with Crippen LogP contribution in [-0.4, -0.2) is 41.2 Å². The lowest BCUT2D eigenvalue weighted by Gasteiger charge is -2.29. The molecule has 2 aromatic carbocycles. The molecule has 0 spiro atoms. The van der Waals surface area contributed by atoms with Gasteiger partial charge in [-0.2, -0.15) is 0 Å². The number of methoxy groups -OCH3 is 1. The van der Waals surface area contributed by atoms with Gasteiger partial charge in [-0.1, -0.05) is 70.4 Å². The van der Waals surface area contributed by atoms with Crippen LogP contribution in [0.1, 0.15) is 88.7 Å². The Labute approximate surface area is 246 Å². The highest BCUT2D eigenvalue weighted by Gasteiger charge is 2.24. The lowest BCUT2D eigenvalue weighted by Crippen LogP contribution is -2.26. The molecule has 2 heterocycles. The molecule has 1 aliphatic heterocycles. The Morgan fingerprint density at radius 3 is 2.44 bits per heavy atom. The van der Waals surface area contributed by atoms with E-state index in [2.05, 4.69) is 55.0 Å². The molecule has 0 radical (unpaired) electrons. The van der Waals surface area contributed by atoms with Crippen LogP contribution in [0.5, 0.6) is 11.6 Å². The zero-order valence-electron chi connectivity index (χ0n) is 25.9. The maximum atomic E-state index is 11.3. The highest BCUT2D eigenvalue weighted by Crippen LogP contribution is 2.38. The van der Waals surface area contributed by atoms with Gasteiger partial charge in [0.2, 0.25) is 5.88 Å². The van der Waals surface area contributed by atoms with Crippen LogP contribution >= 0.6 is 0 Å². The smallest absolute Gasteiger partial charge is 0.306 e. The summed E-state index contributed by atoms with van der Waals surface area (Å²) in [5, 5.41) is 9.28. The third kappa shape index (κ3) is 9.32. The molecule has 1 N–H and O–H groups in total. The second-order valence-electron chi connectivity index (χ2n) is 11.1. The van der Waals surface area contributed by atoms with Crippen molar-refractivity contribution in [2.45, 2.75) is 91.8 Å². The van der Waals surface area contributed by atoms with Crippen molar-refractivity contribution in [3.05, 3.63) is 77.0 Å². The standard InChI is InChI=1S/C30H36N2O4.C3H6.C2H6/c1-19(2)32(4)18-25-16-24(8-10-26(25)23-12-13-31-29(17-23)35-5)27-11-9-22-7-6-21(15-28(22)36-27)14-20(3)30(33)34;1-2-3-1;1-2/h6-8,10,12-13,15-17,19-20,27H,9,11,14,18H2,1-5H3,(H,33,34);1-3H2;1-2H3/t20?,27-;;/m0../s1. The summed E-state index contributed by atoms with van der Waals surface area (Å²) in [5.41, 5.74) is 6.79.